The number of hydrogen-bond donors (Lipinski definition) is 0. The van der Waals surface area contributed by atoms with Gasteiger partial charge in [-0.05, 0) is 58.7 Å². The summed E-state index contributed by atoms with van der Waals surface area (Å²) in [6, 6.07) is 21.9. The third-order valence-corrected chi connectivity index (χ3v) is 7.81. The second-order valence-corrected chi connectivity index (χ2v) is 12.1. The van der Waals surface area contributed by atoms with Gasteiger partial charge in [0.2, 0.25) is 0 Å². The molecule has 0 atom stereocenters. The van der Waals surface area contributed by atoms with Gasteiger partial charge in [-0.15, -0.1) is 0 Å². The molecule has 0 amide bonds. The van der Waals surface area contributed by atoms with Crippen molar-refractivity contribution in [3.05, 3.63) is 123 Å². The van der Waals surface area contributed by atoms with Gasteiger partial charge in [-0.2, -0.15) is 0 Å². The summed E-state index contributed by atoms with van der Waals surface area (Å²) in [6.45, 7) is 0.895. The van der Waals surface area contributed by atoms with Crippen LogP contribution in [0.25, 0.3) is 0 Å². The monoisotopic (exact) mass is 863 g/mol. The van der Waals surface area contributed by atoms with Gasteiger partial charge in [0.05, 0.1) is 13.1 Å². The van der Waals surface area contributed by atoms with Gasteiger partial charge in [-0.1, -0.05) is 135 Å². The van der Waals surface area contributed by atoms with Gasteiger partial charge in [-0.25, -0.2) is 0 Å². The van der Waals surface area contributed by atoms with Crippen molar-refractivity contribution in [2.24, 2.45) is 9.98 Å². The molecule has 0 spiro atoms. The fraction of sp³-hybridized carbons (Fsp3) is 0.0714. The second-order valence-electron chi connectivity index (χ2n) is 7.73. The van der Waals surface area contributed by atoms with Crippen LogP contribution < -0.4 is 10.2 Å². The fourth-order valence-electron chi connectivity index (χ4n) is 3.09. The topological polar surface area (TPSA) is 70.8 Å². The predicted molar refractivity (Wildman–Crippen MR) is 168 cm³/mol. The molecule has 0 aromatic heterocycles. The summed E-state index contributed by atoms with van der Waals surface area (Å²) >= 11 is 25.2. The minimum atomic E-state index is -0.0777. The number of aliphatic imine (C=N–C) groups is 2. The molecule has 4 nitrogen and oxygen atoms in total. The van der Waals surface area contributed by atoms with E-state index in [9.17, 15) is 10.2 Å². The van der Waals surface area contributed by atoms with Crippen LogP contribution in [0, 0.1) is 0 Å². The molecule has 0 aliphatic rings. The number of hydrogen-bond acceptors (Lipinski definition) is 4. The average Bonchev–Trinajstić information content (AvgIpc) is 2.87. The molecule has 0 N–H and O–H groups in total. The average molecular weight is 869 g/mol. The number of benzene rings is 4. The maximum absolute atomic E-state index is 11.8. The van der Waals surface area contributed by atoms with Crippen molar-refractivity contribution in [3.8, 4) is 11.5 Å². The van der Waals surface area contributed by atoms with Gasteiger partial charge in [0, 0.05) is 40.4 Å². The minimum absolute atomic E-state index is 0. The van der Waals surface area contributed by atoms with Gasteiger partial charge >= 0.3 is 17.1 Å². The Balaban J connectivity index is 0.000000267. The minimum Gasteiger partial charge on any atom is -0.871 e. The molecule has 4 aromatic rings. The largest absolute Gasteiger partial charge is 2.00 e. The first kappa shape index (κ1) is 34.0. The summed E-state index contributed by atoms with van der Waals surface area (Å²) in [7, 11) is 0. The van der Waals surface area contributed by atoms with Crippen LogP contribution in [0.5, 0.6) is 11.5 Å². The summed E-state index contributed by atoms with van der Waals surface area (Å²) in [4.78, 5) is 8.53. The molecule has 0 aliphatic heterocycles. The molecule has 0 bridgehead atoms. The molecule has 0 fully saturated rings. The SMILES string of the molecule is [Cu+2].[O-]c1c(Br)cc(Br)cc1C=NCc1ccccc1Cl.[O-]c1c(Br)cc(Br)cc1C=NCc1ccccc1Cl. The zero-order valence-electron chi connectivity index (χ0n) is 19.8. The van der Waals surface area contributed by atoms with E-state index < -0.39 is 0 Å². The molecule has 0 saturated carbocycles. The summed E-state index contributed by atoms with van der Waals surface area (Å²) in [5.74, 6) is -0.155. The van der Waals surface area contributed by atoms with Crippen LogP contribution >= 0.6 is 86.9 Å². The third-order valence-electron chi connectivity index (χ3n) is 4.97. The fourth-order valence-corrected chi connectivity index (χ4v) is 6.00. The van der Waals surface area contributed by atoms with Crippen molar-refractivity contribution in [1.82, 2.24) is 0 Å². The molecule has 1 radical (unpaired) electrons. The van der Waals surface area contributed by atoms with E-state index in [-0.39, 0.29) is 28.6 Å². The molecule has 205 valence electrons. The van der Waals surface area contributed by atoms with Crippen LogP contribution in [0.4, 0.5) is 0 Å². The number of rotatable bonds is 6. The van der Waals surface area contributed by atoms with Crippen LogP contribution in [0.3, 0.4) is 0 Å². The molecule has 4 rings (SSSR count). The van der Waals surface area contributed by atoms with Crippen LogP contribution in [-0.4, -0.2) is 12.4 Å². The Morgan fingerprint density at radius 3 is 1.33 bits per heavy atom. The predicted octanol–water partition coefficient (Wildman–Crippen LogP) is 9.11. The molecule has 39 heavy (non-hydrogen) atoms. The van der Waals surface area contributed by atoms with Crippen molar-refractivity contribution in [2.75, 3.05) is 0 Å². The van der Waals surface area contributed by atoms with E-state index in [4.69, 9.17) is 23.2 Å². The Morgan fingerprint density at radius 2 is 0.974 bits per heavy atom. The molecule has 11 heteroatoms. The molecular weight excluding hydrogens is 850 g/mol. The molecular formula is C28H18Br4Cl2CuN2O2. The second kappa shape index (κ2) is 16.9. The third kappa shape index (κ3) is 10.6. The van der Waals surface area contributed by atoms with Crippen LogP contribution in [-0.2, 0) is 30.2 Å². The Labute approximate surface area is 281 Å². The molecule has 0 saturated heterocycles. The van der Waals surface area contributed by atoms with Gasteiger partial charge in [0.15, 0.2) is 0 Å². The Bertz CT molecular complexity index is 1380. The normalized spacial score (nSPS) is 10.8. The number of halogens is 6. The van der Waals surface area contributed by atoms with Crippen LogP contribution in [0.15, 0.2) is 101 Å². The van der Waals surface area contributed by atoms with Gasteiger partial charge < -0.3 is 10.2 Å². The van der Waals surface area contributed by atoms with E-state index in [0.717, 1.165) is 20.1 Å². The molecule has 4 aromatic carbocycles. The molecule has 0 aliphatic carbocycles. The standard InChI is InChI=1S/2C14H10Br2ClNO.Cu/c2*15-11-5-10(14(19)12(16)6-11)8-18-7-9-3-1-2-4-13(9)17;/h2*1-6,8,19H,7H2;/q;;+2/p-2. The van der Waals surface area contributed by atoms with E-state index in [0.29, 0.717) is 43.2 Å². The van der Waals surface area contributed by atoms with Crippen molar-refractivity contribution >= 4 is 99.4 Å². The van der Waals surface area contributed by atoms with Crippen molar-refractivity contribution < 1.29 is 27.3 Å². The first-order valence-corrected chi connectivity index (χ1v) is 14.9. The molecule has 0 heterocycles. The van der Waals surface area contributed by atoms with Gasteiger partial charge in [0.1, 0.15) is 0 Å². The Morgan fingerprint density at radius 1 is 0.615 bits per heavy atom. The zero-order valence-corrected chi connectivity index (χ0v) is 28.6. The van der Waals surface area contributed by atoms with Crippen molar-refractivity contribution in [2.45, 2.75) is 13.1 Å². The van der Waals surface area contributed by atoms with E-state index >= 15 is 0 Å². The van der Waals surface area contributed by atoms with E-state index in [1.165, 1.54) is 0 Å². The zero-order chi connectivity index (χ0) is 27.7. The summed E-state index contributed by atoms with van der Waals surface area (Å²) in [6.07, 6.45) is 3.14. The van der Waals surface area contributed by atoms with Crippen molar-refractivity contribution in [3.63, 3.8) is 0 Å². The Kier molecular flexibility index (Phi) is 14.8. The van der Waals surface area contributed by atoms with Gasteiger partial charge in [-0.3, -0.25) is 9.98 Å². The van der Waals surface area contributed by atoms with E-state index in [1.54, 1.807) is 36.7 Å². The van der Waals surface area contributed by atoms with E-state index in [2.05, 4.69) is 73.7 Å². The number of nitrogens with zero attached hydrogens (tertiary/aromatic N) is 2. The summed E-state index contributed by atoms with van der Waals surface area (Å²) in [5.41, 5.74) is 2.94. The quantitative estimate of drug-likeness (QED) is 0.143. The maximum atomic E-state index is 11.8. The van der Waals surface area contributed by atoms with E-state index in [1.807, 2.05) is 48.5 Å². The first-order chi connectivity index (χ1) is 18.2. The Hall–Kier alpha value is -1.16. The maximum Gasteiger partial charge on any atom is 2.00 e. The smallest absolute Gasteiger partial charge is 0.871 e. The van der Waals surface area contributed by atoms with Crippen LogP contribution in [0.1, 0.15) is 22.3 Å². The summed E-state index contributed by atoms with van der Waals surface area (Å²) in [5, 5.41) is 25.0. The van der Waals surface area contributed by atoms with Crippen molar-refractivity contribution in [1.29, 1.82) is 0 Å². The first-order valence-electron chi connectivity index (χ1n) is 10.9. The van der Waals surface area contributed by atoms with Gasteiger partial charge in [0.25, 0.3) is 0 Å². The van der Waals surface area contributed by atoms with Crippen LogP contribution in [0.2, 0.25) is 10.0 Å². The molecule has 0 unspecified atom stereocenters. The summed E-state index contributed by atoms with van der Waals surface area (Å²) < 4.78 is 2.69.